The third-order valence-electron chi connectivity index (χ3n) is 3.68. The molecular formula is C14H19ClN2. The van der Waals surface area contributed by atoms with Gasteiger partial charge in [0.1, 0.15) is 0 Å². The van der Waals surface area contributed by atoms with Gasteiger partial charge >= 0.3 is 0 Å². The fraction of sp³-hybridized carbons (Fsp3) is 0.500. The van der Waals surface area contributed by atoms with Gasteiger partial charge in [-0.05, 0) is 36.3 Å². The van der Waals surface area contributed by atoms with Crippen LogP contribution in [0.25, 0.3) is 0 Å². The van der Waals surface area contributed by atoms with Gasteiger partial charge in [0.2, 0.25) is 0 Å². The van der Waals surface area contributed by atoms with E-state index in [4.69, 9.17) is 0 Å². The first-order valence-corrected chi connectivity index (χ1v) is 6.28. The Labute approximate surface area is 109 Å². The average molecular weight is 251 g/mol. The van der Waals surface area contributed by atoms with E-state index in [1.807, 2.05) is 0 Å². The average Bonchev–Trinajstić information content (AvgIpc) is 2.82. The zero-order valence-corrected chi connectivity index (χ0v) is 10.8. The van der Waals surface area contributed by atoms with Crippen LogP contribution in [0.15, 0.2) is 29.3 Å². The Bertz CT molecular complexity index is 414. The van der Waals surface area contributed by atoms with Gasteiger partial charge in [0.15, 0.2) is 0 Å². The molecule has 3 rings (SSSR count). The molecule has 1 aliphatic carbocycles. The number of aliphatic imine (C=N–C) groups is 1. The van der Waals surface area contributed by atoms with Crippen molar-refractivity contribution >= 4 is 18.2 Å². The zero-order chi connectivity index (χ0) is 10.8. The van der Waals surface area contributed by atoms with Gasteiger partial charge in [0.25, 0.3) is 0 Å². The SMILES string of the molecule is Cl.c1ccc2c(c1)CCCC2CC1=NCCN1. The van der Waals surface area contributed by atoms with Crippen LogP contribution >= 0.6 is 12.4 Å². The molecule has 0 radical (unpaired) electrons. The maximum atomic E-state index is 4.51. The van der Waals surface area contributed by atoms with Crippen molar-refractivity contribution in [2.24, 2.45) is 4.99 Å². The number of aryl methyl sites for hydroxylation is 1. The lowest BCUT2D eigenvalue weighted by Gasteiger charge is -2.25. The Morgan fingerprint density at radius 1 is 1.29 bits per heavy atom. The molecule has 0 fully saturated rings. The van der Waals surface area contributed by atoms with Crippen LogP contribution in [0.1, 0.15) is 36.3 Å². The Hall–Kier alpha value is -1.02. The molecule has 0 saturated carbocycles. The van der Waals surface area contributed by atoms with Crippen molar-refractivity contribution in [3.63, 3.8) is 0 Å². The zero-order valence-electron chi connectivity index (χ0n) is 9.98. The van der Waals surface area contributed by atoms with Gasteiger partial charge in [-0.3, -0.25) is 4.99 Å². The molecule has 3 heteroatoms. The normalized spacial score (nSPS) is 22.1. The minimum Gasteiger partial charge on any atom is -0.372 e. The van der Waals surface area contributed by atoms with E-state index in [1.165, 1.54) is 25.1 Å². The molecule has 1 heterocycles. The number of nitrogens with zero attached hydrogens (tertiary/aromatic N) is 1. The van der Waals surface area contributed by atoms with Crippen LogP contribution in [0.3, 0.4) is 0 Å². The molecule has 1 N–H and O–H groups in total. The summed E-state index contributed by atoms with van der Waals surface area (Å²) in [6.45, 7) is 1.99. The van der Waals surface area contributed by atoms with Crippen LogP contribution in [-0.2, 0) is 6.42 Å². The largest absolute Gasteiger partial charge is 0.372 e. The lowest BCUT2D eigenvalue weighted by Crippen LogP contribution is -2.22. The number of fused-ring (bicyclic) bond motifs is 1. The maximum absolute atomic E-state index is 4.51. The first-order valence-electron chi connectivity index (χ1n) is 6.28. The van der Waals surface area contributed by atoms with Gasteiger partial charge in [-0.25, -0.2) is 0 Å². The van der Waals surface area contributed by atoms with E-state index in [2.05, 4.69) is 34.6 Å². The highest BCUT2D eigenvalue weighted by Crippen LogP contribution is 2.33. The number of rotatable bonds is 2. The fourth-order valence-electron chi connectivity index (χ4n) is 2.88. The Morgan fingerprint density at radius 3 is 3.00 bits per heavy atom. The van der Waals surface area contributed by atoms with Crippen molar-refractivity contribution in [1.82, 2.24) is 5.32 Å². The first kappa shape index (κ1) is 12.4. The van der Waals surface area contributed by atoms with E-state index in [9.17, 15) is 0 Å². The summed E-state index contributed by atoms with van der Waals surface area (Å²) in [6, 6.07) is 8.91. The van der Waals surface area contributed by atoms with Crippen molar-refractivity contribution in [1.29, 1.82) is 0 Å². The van der Waals surface area contributed by atoms with Gasteiger partial charge in [0.05, 0.1) is 12.4 Å². The van der Waals surface area contributed by atoms with E-state index in [0.29, 0.717) is 5.92 Å². The van der Waals surface area contributed by atoms with Gasteiger partial charge < -0.3 is 5.32 Å². The number of amidine groups is 1. The molecule has 1 atom stereocenters. The minimum absolute atomic E-state index is 0. The lowest BCUT2D eigenvalue weighted by molar-refractivity contribution is 0.564. The third kappa shape index (κ3) is 2.63. The maximum Gasteiger partial charge on any atom is 0.0970 e. The van der Waals surface area contributed by atoms with Crippen LogP contribution in [0, 0.1) is 0 Å². The van der Waals surface area contributed by atoms with E-state index in [0.717, 1.165) is 19.5 Å². The highest BCUT2D eigenvalue weighted by Gasteiger charge is 2.21. The smallest absolute Gasteiger partial charge is 0.0970 e. The number of hydrogen-bond donors (Lipinski definition) is 1. The summed E-state index contributed by atoms with van der Waals surface area (Å²) in [5, 5.41) is 3.38. The molecule has 0 aromatic heterocycles. The Kier molecular flexibility index (Phi) is 4.06. The van der Waals surface area contributed by atoms with Gasteiger partial charge in [-0.15, -0.1) is 12.4 Å². The first-order chi connectivity index (χ1) is 7.93. The van der Waals surface area contributed by atoms with E-state index in [-0.39, 0.29) is 12.4 Å². The second-order valence-electron chi connectivity index (χ2n) is 4.75. The number of nitrogens with one attached hydrogen (secondary N) is 1. The van der Waals surface area contributed by atoms with E-state index < -0.39 is 0 Å². The summed E-state index contributed by atoms with van der Waals surface area (Å²) in [4.78, 5) is 4.51. The van der Waals surface area contributed by atoms with Crippen LogP contribution in [0.5, 0.6) is 0 Å². The summed E-state index contributed by atoms with van der Waals surface area (Å²) < 4.78 is 0. The van der Waals surface area contributed by atoms with Gasteiger partial charge in [0, 0.05) is 13.0 Å². The van der Waals surface area contributed by atoms with E-state index >= 15 is 0 Å². The van der Waals surface area contributed by atoms with Crippen molar-refractivity contribution in [2.75, 3.05) is 13.1 Å². The number of benzene rings is 1. The molecular weight excluding hydrogens is 232 g/mol. The summed E-state index contributed by atoms with van der Waals surface area (Å²) >= 11 is 0. The molecule has 1 aromatic carbocycles. The molecule has 0 amide bonds. The highest BCUT2D eigenvalue weighted by atomic mass is 35.5. The quantitative estimate of drug-likeness (QED) is 0.858. The molecule has 0 spiro atoms. The van der Waals surface area contributed by atoms with Crippen LogP contribution in [0.4, 0.5) is 0 Å². The number of halogens is 1. The summed E-state index contributed by atoms with van der Waals surface area (Å²) in [7, 11) is 0. The van der Waals surface area contributed by atoms with E-state index in [1.54, 1.807) is 11.1 Å². The predicted molar refractivity (Wildman–Crippen MR) is 74.3 cm³/mol. The van der Waals surface area contributed by atoms with Crippen molar-refractivity contribution in [2.45, 2.75) is 31.6 Å². The van der Waals surface area contributed by atoms with Crippen molar-refractivity contribution < 1.29 is 0 Å². The molecule has 17 heavy (non-hydrogen) atoms. The molecule has 92 valence electrons. The highest BCUT2D eigenvalue weighted by molar-refractivity contribution is 5.85. The van der Waals surface area contributed by atoms with Crippen LogP contribution < -0.4 is 5.32 Å². The van der Waals surface area contributed by atoms with Crippen molar-refractivity contribution in [3.05, 3.63) is 35.4 Å². The van der Waals surface area contributed by atoms with Crippen LogP contribution in [0.2, 0.25) is 0 Å². The predicted octanol–water partition coefficient (Wildman–Crippen LogP) is 2.92. The number of hydrogen-bond acceptors (Lipinski definition) is 2. The molecule has 2 nitrogen and oxygen atoms in total. The standard InChI is InChI=1S/C14H18N2.ClH/c1-2-7-13-11(4-1)5-3-6-12(13)10-14-15-8-9-16-14;/h1-2,4,7,12H,3,5-6,8-10H2,(H,15,16);1H. The Morgan fingerprint density at radius 2 is 2.18 bits per heavy atom. The van der Waals surface area contributed by atoms with Gasteiger partial charge in [-0.1, -0.05) is 24.3 Å². The third-order valence-corrected chi connectivity index (χ3v) is 3.68. The summed E-state index contributed by atoms with van der Waals surface area (Å²) in [6.07, 6.45) is 5.01. The molecule has 0 saturated heterocycles. The Balaban J connectivity index is 0.00000108. The second-order valence-corrected chi connectivity index (χ2v) is 4.75. The lowest BCUT2D eigenvalue weighted by atomic mass is 9.81. The summed E-state index contributed by atoms with van der Waals surface area (Å²) in [5.74, 6) is 1.91. The monoisotopic (exact) mass is 250 g/mol. The molecule has 0 bridgehead atoms. The fourth-order valence-corrected chi connectivity index (χ4v) is 2.88. The molecule has 1 unspecified atom stereocenters. The summed E-state index contributed by atoms with van der Waals surface area (Å²) in [5.41, 5.74) is 3.11. The molecule has 2 aliphatic rings. The van der Waals surface area contributed by atoms with Crippen molar-refractivity contribution in [3.8, 4) is 0 Å². The molecule has 1 aliphatic heterocycles. The minimum atomic E-state index is 0. The topological polar surface area (TPSA) is 24.4 Å². The van der Waals surface area contributed by atoms with Gasteiger partial charge in [-0.2, -0.15) is 0 Å². The van der Waals surface area contributed by atoms with Crippen LogP contribution in [-0.4, -0.2) is 18.9 Å². The molecule has 1 aromatic rings. The second kappa shape index (κ2) is 5.54.